The first-order valence-electron chi connectivity index (χ1n) is 9.71. The minimum Gasteiger partial charge on any atom is -0.325 e. The Hall–Kier alpha value is -3.18. The molecule has 1 aromatic heterocycles. The predicted octanol–water partition coefficient (Wildman–Crippen LogP) is 6.42. The molecule has 0 spiro atoms. The molecule has 174 valence electrons. The topological polar surface area (TPSA) is 88.0 Å². The molecular formula is C23H14Br2F3N3O3. The molecule has 0 aliphatic heterocycles. The molecule has 4 rings (SSSR count). The largest absolute Gasteiger partial charge is 0.439 e. The van der Waals surface area contributed by atoms with Crippen molar-refractivity contribution in [2.75, 3.05) is 5.32 Å². The summed E-state index contributed by atoms with van der Waals surface area (Å²) in [6.45, 7) is 0. The fourth-order valence-corrected chi connectivity index (χ4v) is 4.71. The second kappa shape index (κ2) is 9.59. The van der Waals surface area contributed by atoms with Crippen LogP contribution in [0.15, 0.2) is 78.9 Å². The maximum absolute atomic E-state index is 12.9. The monoisotopic (exact) mass is 595 g/mol. The molecule has 0 radical (unpaired) electrons. The van der Waals surface area contributed by atoms with Gasteiger partial charge in [-0.15, -0.1) is 0 Å². The van der Waals surface area contributed by atoms with E-state index in [0.717, 1.165) is 26.6 Å². The van der Waals surface area contributed by atoms with E-state index in [1.807, 2.05) is 18.2 Å². The van der Waals surface area contributed by atoms with Gasteiger partial charge in [0, 0.05) is 14.5 Å². The molecule has 3 aromatic carbocycles. The zero-order valence-corrected chi connectivity index (χ0v) is 20.2. The van der Waals surface area contributed by atoms with Crippen LogP contribution in [0.2, 0.25) is 0 Å². The van der Waals surface area contributed by atoms with Crippen LogP contribution in [0.4, 0.5) is 18.9 Å². The number of aromatic amines is 1. The molecule has 0 atom stereocenters. The number of carbonyl (C=O) groups is 1. The van der Waals surface area contributed by atoms with Crippen LogP contribution < -0.4 is 11.1 Å². The quantitative estimate of drug-likeness (QED) is 0.278. The third-order valence-corrected chi connectivity index (χ3v) is 5.74. The summed E-state index contributed by atoms with van der Waals surface area (Å²) in [5.74, 6) is -1.04. The van der Waals surface area contributed by atoms with Crippen molar-refractivity contribution in [1.82, 2.24) is 10.1 Å². The van der Waals surface area contributed by atoms with Gasteiger partial charge in [0.2, 0.25) is 5.91 Å². The minimum atomic E-state index is -4.44. The van der Waals surface area contributed by atoms with E-state index in [1.165, 1.54) is 12.1 Å². The molecule has 0 bridgehead atoms. The van der Waals surface area contributed by atoms with Crippen LogP contribution in [0, 0.1) is 0 Å². The SMILES string of the molecule is O=C(Cc1cc(Br)cc(Br)c1)Nc1ccc(-c2ccc(C(F)(F)F)cc2)cc1-c1noc(=O)[nH]1. The number of hydrogen-bond acceptors (Lipinski definition) is 4. The van der Waals surface area contributed by atoms with E-state index < -0.39 is 17.5 Å². The van der Waals surface area contributed by atoms with Crippen molar-refractivity contribution in [3.63, 3.8) is 0 Å². The number of carbonyl (C=O) groups excluding carboxylic acids is 1. The zero-order valence-electron chi connectivity index (χ0n) is 17.0. The van der Waals surface area contributed by atoms with Crippen molar-refractivity contribution >= 4 is 43.5 Å². The van der Waals surface area contributed by atoms with Gasteiger partial charge in [0.15, 0.2) is 5.82 Å². The van der Waals surface area contributed by atoms with E-state index in [1.54, 1.807) is 18.2 Å². The van der Waals surface area contributed by atoms with Gasteiger partial charge in [-0.1, -0.05) is 55.2 Å². The summed E-state index contributed by atoms with van der Waals surface area (Å²) in [6.07, 6.45) is -4.37. The molecule has 0 fully saturated rings. The molecule has 6 nitrogen and oxygen atoms in total. The van der Waals surface area contributed by atoms with Crippen molar-refractivity contribution in [2.24, 2.45) is 0 Å². The fourth-order valence-electron chi connectivity index (χ4n) is 3.32. The van der Waals surface area contributed by atoms with E-state index in [2.05, 4.69) is 51.8 Å². The van der Waals surface area contributed by atoms with Gasteiger partial charge in [-0.2, -0.15) is 13.2 Å². The average Bonchev–Trinajstić information content (AvgIpc) is 3.19. The molecule has 11 heteroatoms. The summed E-state index contributed by atoms with van der Waals surface area (Å²) < 4.78 is 44.9. The lowest BCUT2D eigenvalue weighted by molar-refractivity contribution is -0.137. The number of nitrogens with one attached hydrogen (secondary N) is 2. The van der Waals surface area contributed by atoms with Crippen LogP contribution >= 0.6 is 31.9 Å². The molecule has 2 N–H and O–H groups in total. The van der Waals surface area contributed by atoms with Gasteiger partial charge in [-0.25, -0.2) is 4.79 Å². The van der Waals surface area contributed by atoms with Crippen LogP contribution in [0.5, 0.6) is 0 Å². The Kier molecular flexibility index (Phi) is 6.76. The highest BCUT2D eigenvalue weighted by molar-refractivity contribution is 9.11. The fraction of sp³-hybridized carbons (Fsp3) is 0.0870. The standard InChI is InChI=1S/C23H14Br2F3N3O3/c24-16-7-12(8-17(25)11-16)9-20(32)29-19-6-3-14(10-18(19)21-30-22(33)34-31-21)13-1-4-15(5-2-13)23(26,27)28/h1-8,10-11H,9H2,(H,29,32)(H,30,31,33). The lowest BCUT2D eigenvalue weighted by Gasteiger charge is -2.13. The van der Waals surface area contributed by atoms with Crippen LogP contribution in [0.25, 0.3) is 22.5 Å². The van der Waals surface area contributed by atoms with E-state index in [0.29, 0.717) is 22.4 Å². The molecular weight excluding hydrogens is 583 g/mol. The number of anilines is 1. The number of rotatable bonds is 5. The first kappa shape index (κ1) is 24.0. The number of halogens is 5. The summed E-state index contributed by atoms with van der Waals surface area (Å²) in [7, 11) is 0. The lowest BCUT2D eigenvalue weighted by atomic mass is 10.00. The molecule has 34 heavy (non-hydrogen) atoms. The van der Waals surface area contributed by atoms with Gasteiger partial charge in [0.1, 0.15) is 0 Å². The average molecular weight is 597 g/mol. The van der Waals surface area contributed by atoms with E-state index in [-0.39, 0.29) is 18.2 Å². The van der Waals surface area contributed by atoms with E-state index in [9.17, 15) is 22.8 Å². The van der Waals surface area contributed by atoms with E-state index in [4.69, 9.17) is 0 Å². The number of nitrogens with zero attached hydrogens (tertiary/aromatic N) is 1. The second-order valence-electron chi connectivity index (χ2n) is 7.28. The molecule has 0 aliphatic carbocycles. The second-order valence-corrected chi connectivity index (χ2v) is 9.11. The number of amides is 1. The van der Waals surface area contributed by atoms with Crippen molar-refractivity contribution in [1.29, 1.82) is 0 Å². The number of aromatic nitrogens is 2. The highest BCUT2D eigenvalue weighted by atomic mass is 79.9. The highest BCUT2D eigenvalue weighted by Crippen LogP contribution is 2.34. The number of hydrogen-bond donors (Lipinski definition) is 2. The molecule has 1 amide bonds. The summed E-state index contributed by atoms with van der Waals surface area (Å²) in [5.41, 5.74) is 1.75. The van der Waals surface area contributed by atoms with Gasteiger partial charge in [0.05, 0.1) is 17.7 Å². The smallest absolute Gasteiger partial charge is 0.325 e. The predicted molar refractivity (Wildman–Crippen MR) is 127 cm³/mol. The number of benzene rings is 3. The first-order valence-corrected chi connectivity index (χ1v) is 11.3. The first-order chi connectivity index (χ1) is 16.1. The van der Waals surface area contributed by atoms with E-state index >= 15 is 0 Å². The highest BCUT2D eigenvalue weighted by Gasteiger charge is 2.30. The Morgan fingerprint density at radius 2 is 1.62 bits per heavy atom. The Morgan fingerprint density at radius 1 is 0.971 bits per heavy atom. The van der Waals surface area contributed by atoms with Gasteiger partial charge in [-0.3, -0.25) is 14.3 Å². The van der Waals surface area contributed by atoms with Gasteiger partial charge in [0.25, 0.3) is 0 Å². The summed E-state index contributed by atoms with van der Waals surface area (Å²) in [4.78, 5) is 26.6. The lowest BCUT2D eigenvalue weighted by Crippen LogP contribution is -2.15. The number of H-pyrrole nitrogens is 1. The molecule has 0 unspecified atom stereocenters. The van der Waals surface area contributed by atoms with Crippen molar-refractivity contribution in [3.8, 4) is 22.5 Å². The van der Waals surface area contributed by atoms with Gasteiger partial charge in [-0.05, 0) is 59.2 Å². The summed E-state index contributed by atoms with van der Waals surface area (Å²) >= 11 is 6.77. The maximum Gasteiger partial charge on any atom is 0.439 e. The van der Waals surface area contributed by atoms with Crippen LogP contribution in [-0.2, 0) is 17.4 Å². The van der Waals surface area contributed by atoms with Crippen LogP contribution in [0.3, 0.4) is 0 Å². The number of alkyl halides is 3. The third-order valence-electron chi connectivity index (χ3n) is 4.82. The normalized spacial score (nSPS) is 11.4. The van der Waals surface area contributed by atoms with Gasteiger partial charge >= 0.3 is 11.9 Å². The third kappa shape index (κ3) is 5.65. The molecule has 4 aromatic rings. The van der Waals surface area contributed by atoms with Crippen LogP contribution in [0.1, 0.15) is 11.1 Å². The maximum atomic E-state index is 12.9. The van der Waals surface area contributed by atoms with Crippen molar-refractivity contribution in [2.45, 2.75) is 12.6 Å². The van der Waals surface area contributed by atoms with Crippen molar-refractivity contribution < 1.29 is 22.5 Å². The summed E-state index contributed by atoms with van der Waals surface area (Å²) in [6, 6.07) is 15.0. The molecule has 0 aliphatic rings. The molecule has 0 saturated carbocycles. The molecule has 0 saturated heterocycles. The minimum absolute atomic E-state index is 0.0688. The van der Waals surface area contributed by atoms with Crippen molar-refractivity contribution in [3.05, 3.63) is 91.3 Å². The Labute approximate surface area is 207 Å². The van der Waals surface area contributed by atoms with Gasteiger partial charge < -0.3 is 5.32 Å². The Bertz CT molecular complexity index is 1390. The summed E-state index contributed by atoms with van der Waals surface area (Å²) in [5, 5.41) is 6.48. The van der Waals surface area contributed by atoms with Crippen LogP contribution in [-0.4, -0.2) is 16.0 Å². The Morgan fingerprint density at radius 3 is 2.21 bits per heavy atom. The zero-order chi connectivity index (χ0) is 24.5. The molecule has 1 heterocycles. The Balaban J connectivity index is 1.66.